The molecule has 1 aromatic carbocycles. The normalized spacial score (nSPS) is 14.7. The number of carbonyl (C=O) groups is 1. The molecule has 128 valence electrons. The largest absolute Gasteiger partial charge is 0.494 e. The molecule has 24 heavy (non-hydrogen) atoms. The molecule has 1 fully saturated rings. The zero-order valence-corrected chi connectivity index (χ0v) is 15.1. The van der Waals surface area contributed by atoms with Crippen molar-refractivity contribution < 1.29 is 9.53 Å². The van der Waals surface area contributed by atoms with E-state index < -0.39 is 0 Å². The lowest BCUT2D eigenvalue weighted by Gasteiger charge is -2.06. The van der Waals surface area contributed by atoms with E-state index in [9.17, 15) is 4.79 Å². The summed E-state index contributed by atoms with van der Waals surface area (Å²) in [6.45, 7) is 0.682. The molecule has 1 amide bonds. The standard InChI is InChI=1S/C17H21N3O2S2/c21-15(13-7-4-5-8-13)18-16-19-20-17(24-16)23-12-6-11-22-14-9-2-1-3-10-14/h1-3,9-10,13H,4-8,11-12H2,(H,18,19,21). The molecule has 0 unspecified atom stereocenters. The lowest BCUT2D eigenvalue weighted by molar-refractivity contribution is -0.119. The first-order valence-corrected chi connectivity index (χ1v) is 10.1. The number of amides is 1. The Bertz CT molecular complexity index is 642. The van der Waals surface area contributed by atoms with Gasteiger partial charge in [0.05, 0.1) is 6.61 Å². The van der Waals surface area contributed by atoms with Crippen molar-refractivity contribution in [2.24, 2.45) is 5.92 Å². The number of hydrogen-bond donors (Lipinski definition) is 1. The second-order valence-corrected chi connectivity index (χ2v) is 8.03. The van der Waals surface area contributed by atoms with Crippen molar-refractivity contribution in [3.05, 3.63) is 30.3 Å². The molecule has 0 atom stereocenters. The van der Waals surface area contributed by atoms with Crippen molar-refractivity contribution in [1.29, 1.82) is 0 Å². The zero-order chi connectivity index (χ0) is 16.6. The summed E-state index contributed by atoms with van der Waals surface area (Å²) in [5, 5.41) is 11.7. The molecule has 2 aromatic rings. The van der Waals surface area contributed by atoms with Gasteiger partial charge in [0.2, 0.25) is 11.0 Å². The Hall–Kier alpha value is -1.60. The molecule has 0 spiro atoms. The van der Waals surface area contributed by atoms with Gasteiger partial charge >= 0.3 is 0 Å². The van der Waals surface area contributed by atoms with Gasteiger partial charge in [-0.25, -0.2) is 0 Å². The summed E-state index contributed by atoms with van der Waals surface area (Å²) in [5.41, 5.74) is 0. The van der Waals surface area contributed by atoms with Crippen LogP contribution in [0.4, 0.5) is 5.13 Å². The van der Waals surface area contributed by atoms with Gasteiger partial charge in [-0.2, -0.15) is 0 Å². The highest BCUT2D eigenvalue weighted by Crippen LogP contribution is 2.29. The van der Waals surface area contributed by atoms with Crippen LogP contribution in [-0.4, -0.2) is 28.5 Å². The summed E-state index contributed by atoms with van der Waals surface area (Å²) in [5.74, 6) is 2.06. The molecular weight excluding hydrogens is 342 g/mol. The maximum Gasteiger partial charge on any atom is 0.229 e. The van der Waals surface area contributed by atoms with Crippen LogP contribution < -0.4 is 10.1 Å². The van der Waals surface area contributed by atoms with Crippen LogP contribution in [0.3, 0.4) is 0 Å². The summed E-state index contributed by atoms with van der Waals surface area (Å²) in [4.78, 5) is 12.1. The van der Waals surface area contributed by atoms with Crippen LogP contribution in [0.25, 0.3) is 0 Å². The fourth-order valence-corrected chi connectivity index (χ4v) is 4.38. The van der Waals surface area contributed by atoms with E-state index in [1.54, 1.807) is 11.8 Å². The minimum atomic E-state index is 0.0939. The maximum atomic E-state index is 12.1. The summed E-state index contributed by atoms with van der Waals surface area (Å²) >= 11 is 3.09. The molecule has 5 nitrogen and oxygen atoms in total. The van der Waals surface area contributed by atoms with Gasteiger partial charge in [-0.1, -0.05) is 54.1 Å². The second kappa shape index (κ2) is 9.03. The number of ether oxygens (including phenoxy) is 1. The summed E-state index contributed by atoms with van der Waals surface area (Å²) < 4.78 is 6.54. The molecule has 0 aliphatic heterocycles. The van der Waals surface area contributed by atoms with Crippen molar-refractivity contribution in [2.75, 3.05) is 17.7 Å². The Morgan fingerprint density at radius 3 is 2.83 bits per heavy atom. The average Bonchev–Trinajstić information content (AvgIpc) is 3.27. The Morgan fingerprint density at radius 1 is 1.25 bits per heavy atom. The van der Waals surface area contributed by atoms with E-state index in [1.807, 2.05) is 30.3 Å². The number of para-hydroxylation sites is 1. The Labute approximate surface area is 150 Å². The lowest BCUT2D eigenvalue weighted by Crippen LogP contribution is -2.20. The maximum absolute atomic E-state index is 12.1. The van der Waals surface area contributed by atoms with Crippen LogP contribution in [0.15, 0.2) is 34.7 Å². The van der Waals surface area contributed by atoms with Crippen LogP contribution in [-0.2, 0) is 4.79 Å². The Kier molecular flexibility index (Phi) is 6.48. The minimum Gasteiger partial charge on any atom is -0.494 e. The van der Waals surface area contributed by atoms with Crippen molar-refractivity contribution in [1.82, 2.24) is 10.2 Å². The van der Waals surface area contributed by atoms with Gasteiger partial charge in [-0.15, -0.1) is 10.2 Å². The lowest BCUT2D eigenvalue weighted by atomic mass is 10.1. The van der Waals surface area contributed by atoms with Crippen LogP contribution in [0.1, 0.15) is 32.1 Å². The Morgan fingerprint density at radius 2 is 2.04 bits per heavy atom. The van der Waals surface area contributed by atoms with E-state index in [-0.39, 0.29) is 11.8 Å². The summed E-state index contributed by atoms with van der Waals surface area (Å²) in [6.07, 6.45) is 5.23. The number of benzene rings is 1. The van der Waals surface area contributed by atoms with Crippen molar-refractivity contribution >= 4 is 34.1 Å². The number of aromatic nitrogens is 2. The third kappa shape index (κ3) is 5.21. The number of rotatable bonds is 8. The van der Waals surface area contributed by atoms with Crippen LogP contribution in [0.2, 0.25) is 0 Å². The van der Waals surface area contributed by atoms with E-state index in [0.29, 0.717) is 11.7 Å². The number of thioether (sulfide) groups is 1. The topological polar surface area (TPSA) is 64.1 Å². The first-order valence-electron chi connectivity index (χ1n) is 8.26. The van der Waals surface area contributed by atoms with E-state index >= 15 is 0 Å². The summed E-state index contributed by atoms with van der Waals surface area (Å²) in [6, 6.07) is 9.81. The molecule has 1 aliphatic carbocycles. The quantitative estimate of drug-likeness (QED) is 0.432. The second-order valence-electron chi connectivity index (χ2n) is 5.71. The first kappa shape index (κ1) is 17.2. The monoisotopic (exact) mass is 363 g/mol. The van der Waals surface area contributed by atoms with Crippen LogP contribution in [0, 0.1) is 5.92 Å². The van der Waals surface area contributed by atoms with E-state index in [4.69, 9.17) is 4.74 Å². The number of hydrogen-bond acceptors (Lipinski definition) is 6. The third-order valence-electron chi connectivity index (χ3n) is 3.89. The molecule has 1 aliphatic rings. The van der Waals surface area contributed by atoms with Gasteiger partial charge in [-0.05, 0) is 31.4 Å². The number of nitrogens with zero attached hydrogens (tertiary/aromatic N) is 2. The van der Waals surface area contributed by atoms with Gasteiger partial charge in [-0.3, -0.25) is 4.79 Å². The van der Waals surface area contributed by atoms with E-state index in [0.717, 1.165) is 47.9 Å². The molecular formula is C17H21N3O2S2. The fraction of sp³-hybridized carbons (Fsp3) is 0.471. The SMILES string of the molecule is O=C(Nc1nnc(SCCCOc2ccccc2)s1)C1CCCC1. The fourth-order valence-electron chi connectivity index (χ4n) is 2.64. The third-order valence-corrected chi connectivity index (χ3v) is 5.95. The highest BCUT2D eigenvalue weighted by Gasteiger charge is 2.23. The highest BCUT2D eigenvalue weighted by atomic mass is 32.2. The van der Waals surface area contributed by atoms with Crippen LogP contribution in [0.5, 0.6) is 5.75 Å². The van der Waals surface area contributed by atoms with Crippen molar-refractivity contribution in [2.45, 2.75) is 36.4 Å². The molecule has 7 heteroatoms. The Balaban J connectivity index is 1.34. The van der Waals surface area contributed by atoms with Gasteiger partial charge in [0.1, 0.15) is 5.75 Å². The van der Waals surface area contributed by atoms with Crippen molar-refractivity contribution in [3.8, 4) is 5.75 Å². The minimum absolute atomic E-state index is 0.0939. The smallest absolute Gasteiger partial charge is 0.229 e. The van der Waals surface area contributed by atoms with Gasteiger partial charge in [0, 0.05) is 11.7 Å². The molecule has 1 aromatic heterocycles. The first-order chi connectivity index (χ1) is 11.8. The van der Waals surface area contributed by atoms with E-state index in [2.05, 4.69) is 15.5 Å². The zero-order valence-electron chi connectivity index (χ0n) is 13.4. The molecule has 0 bridgehead atoms. The molecule has 3 rings (SSSR count). The van der Waals surface area contributed by atoms with Gasteiger partial charge in [0.25, 0.3) is 0 Å². The molecule has 0 radical (unpaired) electrons. The molecule has 0 saturated heterocycles. The predicted octanol–water partition coefficient (Wildman–Crippen LogP) is 4.23. The number of anilines is 1. The average molecular weight is 364 g/mol. The molecule has 1 heterocycles. The van der Waals surface area contributed by atoms with Gasteiger partial charge < -0.3 is 10.1 Å². The summed E-state index contributed by atoms with van der Waals surface area (Å²) in [7, 11) is 0. The molecule has 1 saturated carbocycles. The van der Waals surface area contributed by atoms with E-state index in [1.165, 1.54) is 11.3 Å². The molecule has 1 N–H and O–H groups in total. The number of carbonyl (C=O) groups excluding carboxylic acids is 1. The van der Waals surface area contributed by atoms with Crippen molar-refractivity contribution in [3.63, 3.8) is 0 Å². The van der Waals surface area contributed by atoms with Gasteiger partial charge in [0.15, 0.2) is 4.34 Å². The predicted molar refractivity (Wildman–Crippen MR) is 97.8 cm³/mol. The van der Waals surface area contributed by atoms with Crippen LogP contribution >= 0.6 is 23.1 Å². The highest BCUT2D eigenvalue weighted by molar-refractivity contribution is 8.01. The number of nitrogens with one attached hydrogen (secondary N) is 1.